The molecule has 0 radical (unpaired) electrons. The minimum absolute atomic E-state index is 0.218. The number of benzene rings is 2. The highest BCUT2D eigenvalue weighted by Gasteiger charge is 2.18. The Morgan fingerprint density at radius 2 is 1.90 bits per heavy atom. The standard InChI is InChI=1S/C23H23N5O2S/c1-4-16-15(3)26-23-24-14-25-28(23)22(16)31-20-13-9-7-11-18(20)27-21(29)17-10-6-8-12-19(17)30-5-2/h6-14H,4-5H2,1-3H3,(H,27,29). The fourth-order valence-corrected chi connectivity index (χ4v) is 4.57. The highest BCUT2D eigenvalue weighted by atomic mass is 32.2. The van der Waals surface area contributed by atoms with E-state index in [4.69, 9.17) is 4.74 Å². The summed E-state index contributed by atoms with van der Waals surface area (Å²) in [5, 5.41) is 8.34. The van der Waals surface area contributed by atoms with Gasteiger partial charge in [0.15, 0.2) is 0 Å². The second kappa shape index (κ2) is 9.18. The lowest BCUT2D eigenvalue weighted by atomic mass is 10.2. The van der Waals surface area contributed by atoms with Crippen molar-refractivity contribution in [2.75, 3.05) is 11.9 Å². The van der Waals surface area contributed by atoms with Crippen molar-refractivity contribution in [2.24, 2.45) is 0 Å². The Morgan fingerprint density at radius 3 is 2.71 bits per heavy atom. The molecule has 0 unspecified atom stereocenters. The van der Waals surface area contributed by atoms with E-state index in [1.54, 1.807) is 16.6 Å². The first-order valence-corrected chi connectivity index (χ1v) is 10.9. The van der Waals surface area contributed by atoms with E-state index in [-0.39, 0.29) is 5.91 Å². The van der Waals surface area contributed by atoms with Crippen molar-refractivity contribution in [1.29, 1.82) is 0 Å². The largest absolute Gasteiger partial charge is 0.493 e. The number of hydrogen-bond acceptors (Lipinski definition) is 6. The molecule has 7 nitrogen and oxygen atoms in total. The molecule has 0 spiro atoms. The number of ether oxygens (including phenoxy) is 1. The van der Waals surface area contributed by atoms with Gasteiger partial charge in [0.1, 0.15) is 17.1 Å². The Balaban J connectivity index is 1.69. The lowest BCUT2D eigenvalue weighted by molar-refractivity contribution is 0.102. The van der Waals surface area contributed by atoms with Gasteiger partial charge in [0.05, 0.1) is 17.9 Å². The number of aryl methyl sites for hydroxylation is 1. The van der Waals surface area contributed by atoms with E-state index in [0.717, 1.165) is 27.6 Å². The number of anilines is 1. The van der Waals surface area contributed by atoms with Crippen LogP contribution in [0.15, 0.2) is 64.8 Å². The van der Waals surface area contributed by atoms with E-state index in [0.29, 0.717) is 29.4 Å². The van der Waals surface area contributed by atoms with Gasteiger partial charge in [0.25, 0.3) is 11.7 Å². The number of para-hydroxylation sites is 2. The maximum absolute atomic E-state index is 13.0. The van der Waals surface area contributed by atoms with Gasteiger partial charge in [-0.05, 0) is 44.5 Å². The van der Waals surface area contributed by atoms with Crippen LogP contribution < -0.4 is 10.1 Å². The van der Waals surface area contributed by atoms with Crippen molar-refractivity contribution >= 4 is 29.1 Å². The Bertz CT molecular complexity index is 1240. The highest BCUT2D eigenvalue weighted by Crippen LogP contribution is 2.36. The summed E-state index contributed by atoms with van der Waals surface area (Å²) in [7, 11) is 0. The summed E-state index contributed by atoms with van der Waals surface area (Å²) < 4.78 is 7.36. The number of nitrogens with one attached hydrogen (secondary N) is 1. The van der Waals surface area contributed by atoms with Crippen molar-refractivity contribution in [3.63, 3.8) is 0 Å². The quantitative estimate of drug-likeness (QED) is 0.422. The van der Waals surface area contributed by atoms with Crippen LogP contribution in [-0.2, 0) is 6.42 Å². The molecule has 2 aromatic carbocycles. The first kappa shape index (κ1) is 20.9. The smallest absolute Gasteiger partial charge is 0.259 e. The Hall–Kier alpha value is -3.39. The molecule has 1 N–H and O–H groups in total. The van der Waals surface area contributed by atoms with E-state index >= 15 is 0 Å². The molecule has 0 aliphatic heterocycles. The van der Waals surface area contributed by atoms with Crippen LogP contribution in [0.25, 0.3) is 5.78 Å². The molecular formula is C23H23N5O2S. The molecule has 0 saturated carbocycles. The van der Waals surface area contributed by atoms with Gasteiger partial charge in [0, 0.05) is 16.2 Å². The van der Waals surface area contributed by atoms with Crippen molar-refractivity contribution in [3.8, 4) is 5.75 Å². The van der Waals surface area contributed by atoms with Crippen molar-refractivity contribution in [1.82, 2.24) is 19.6 Å². The summed E-state index contributed by atoms with van der Waals surface area (Å²) >= 11 is 1.54. The average molecular weight is 434 g/mol. The summed E-state index contributed by atoms with van der Waals surface area (Å²) in [6.45, 7) is 6.46. The summed E-state index contributed by atoms with van der Waals surface area (Å²) in [4.78, 5) is 22.7. The summed E-state index contributed by atoms with van der Waals surface area (Å²) in [6.07, 6.45) is 2.32. The Kier molecular flexibility index (Phi) is 6.18. The van der Waals surface area contributed by atoms with E-state index in [1.165, 1.54) is 18.1 Å². The fraction of sp³-hybridized carbons (Fsp3) is 0.217. The van der Waals surface area contributed by atoms with Crippen molar-refractivity contribution in [3.05, 3.63) is 71.7 Å². The summed E-state index contributed by atoms with van der Waals surface area (Å²) in [6, 6.07) is 15.0. The molecule has 0 fully saturated rings. The van der Waals surface area contributed by atoms with Crippen LogP contribution in [-0.4, -0.2) is 32.1 Å². The first-order valence-electron chi connectivity index (χ1n) is 10.1. The van der Waals surface area contributed by atoms with E-state index in [9.17, 15) is 4.79 Å². The molecule has 158 valence electrons. The maximum atomic E-state index is 13.0. The van der Waals surface area contributed by atoms with E-state index in [2.05, 4.69) is 27.3 Å². The summed E-state index contributed by atoms with van der Waals surface area (Å²) in [5.41, 5.74) is 3.24. The van der Waals surface area contributed by atoms with Gasteiger partial charge in [-0.3, -0.25) is 4.79 Å². The Morgan fingerprint density at radius 1 is 1.13 bits per heavy atom. The van der Waals surface area contributed by atoms with Crippen LogP contribution >= 0.6 is 11.8 Å². The number of fused-ring (bicyclic) bond motifs is 1. The number of rotatable bonds is 7. The second-order valence-electron chi connectivity index (χ2n) is 6.79. The molecule has 2 aromatic heterocycles. The zero-order valence-electron chi connectivity index (χ0n) is 17.6. The summed E-state index contributed by atoms with van der Waals surface area (Å²) in [5.74, 6) is 0.906. The average Bonchev–Trinajstić information content (AvgIpc) is 3.24. The molecule has 4 rings (SSSR count). The second-order valence-corrected chi connectivity index (χ2v) is 7.82. The highest BCUT2D eigenvalue weighted by molar-refractivity contribution is 7.99. The van der Waals surface area contributed by atoms with Crippen LogP contribution in [0, 0.1) is 6.92 Å². The Labute approximate surface area is 184 Å². The van der Waals surface area contributed by atoms with E-state index in [1.807, 2.05) is 50.2 Å². The number of amides is 1. The predicted molar refractivity (Wildman–Crippen MR) is 121 cm³/mol. The van der Waals surface area contributed by atoms with Crippen LogP contribution in [0.2, 0.25) is 0 Å². The van der Waals surface area contributed by atoms with Gasteiger partial charge in [-0.15, -0.1) is 0 Å². The zero-order valence-corrected chi connectivity index (χ0v) is 18.4. The van der Waals surface area contributed by atoms with Crippen LogP contribution in [0.1, 0.15) is 35.5 Å². The minimum atomic E-state index is -0.218. The lowest BCUT2D eigenvalue weighted by Crippen LogP contribution is -2.14. The third-order valence-electron chi connectivity index (χ3n) is 4.81. The minimum Gasteiger partial charge on any atom is -0.493 e. The number of carbonyl (C=O) groups excluding carboxylic acids is 1. The monoisotopic (exact) mass is 433 g/mol. The van der Waals surface area contributed by atoms with Gasteiger partial charge in [-0.1, -0.05) is 43.0 Å². The third-order valence-corrected chi connectivity index (χ3v) is 6.00. The number of aromatic nitrogens is 4. The molecule has 31 heavy (non-hydrogen) atoms. The van der Waals surface area contributed by atoms with E-state index < -0.39 is 0 Å². The topological polar surface area (TPSA) is 81.4 Å². The fourth-order valence-electron chi connectivity index (χ4n) is 3.36. The zero-order chi connectivity index (χ0) is 21.8. The molecule has 4 aromatic rings. The normalized spacial score (nSPS) is 10.9. The number of hydrogen-bond donors (Lipinski definition) is 1. The molecule has 8 heteroatoms. The van der Waals surface area contributed by atoms with Gasteiger partial charge in [-0.25, -0.2) is 4.98 Å². The van der Waals surface area contributed by atoms with Gasteiger partial charge in [-0.2, -0.15) is 14.6 Å². The third kappa shape index (κ3) is 4.25. The van der Waals surface area contributed by atoms with Gasteiger partial charge in [0.2, 0.25) is 0 Å². The number of nitrogens with zero attached hydrogens (tertiary/aromatic N) is 4. The number of carbonyl (C=O) groups is 1. The van der Waals surface area contributed by atoms with Crippen LogP contribution in [0.5, 0.6) is 5.75 Å². The molecule has 0 aliphatic rings. The van der Waals surface area contributed by atoms with Gasteiger partial charge >= 0.3 is 0 Å². The molecule has 0 atom stereocenters. The van der Waals surface area contributed by atoms with Crippen molar-refractivity contribution < 1.29 is 9.53 Å². The predicted octanol–water partition coefficient (Wildman–Crippen LogP) is 4.80. The molecule has 2 heterocycles. The van der Waals surface area contributed by atoms with Gasteiger partial charge < -0.3 is 10.1 Å². The molecule has 0 aliphatic carbocycles. The molecule has 0 saturated heterocycles. The molecular weight excluding hydrogens is 410 g/mol. The molecule has 1 amide bonds. The van der Waals surface area contributed by atoms with Crippen LogP contribution in [0.4, 0.5) is 5.69 Å². The first-order chi connectivity index (χ1) is 15.1. The van der Waals surface area contributed by atoms with Crippen molar-refractivity contribution in [2.45, 2.75) is 37.1 Å². The maximum Gasteiger partial charge on any atom is 0.259 e. The molecule has 0 bridgehead atoms. The SMILES string of the molecule is CCOc1ccccc1C(=O)Nc1ccccc1Sc1c(CC)c(C)nc2ncnn12. The lowest BCUT2D eigenvalue weighted by Gasteiger charge is -2.15. The van der Waals surface area contributed by atoms with Crippen LogP contribution in [0.3, 0.4) is 0 Å².